The zero-order valence-electron chi connectivity index (χ0n) is 19.6. The molecule has 3 aliphatic heterocycles. The summed E-state index contributed by atoms with van der Waals surface area (Å²) in [6.45, 7) is 0.0912. The Kier molecular flexibility index (Phi) is 7.03. The van der Waals surface area contributed by atoms with Gasteiger partial charge in [0, 0.05) is 61.1 Å². The van der Waals surface area contributed by atoms with Crippen LogP contribution in [0.25, 0.3) is 0 Å². The molecule has 2 saturated heterocycles. The number of imide groups is 1. The van der Waals surface area contributed by atoms with Crippen LogP contribution < -0.4 is 16.1 Å². The van der Waals surface area contributed by atoms with Crippen LogP contribution in [0.15, 0.2) is 6.07 Å². The Bertz CT molecular complexity index is 1150. The highest BCUT2D eigenvalue weighted by Gasteiger charge is 2.44. The molecule has 3 fully saturated rings. The summed E-state index contributed by atoms with van der Waals surface area (Å²) >= 11 is 6.31. The summed E-state index contributed by atoms with van der Waals surface area (Å²) in [5.74, 6) is -2.63. The van der Waals surface area contributed by atoms with E-state index in [1.807, 2.05) is 0 Å². The summed E-state index contributed by atoms with van der Waals surface area (Å²) < 4.78 is 46.8. The van der Waals surface area contributed by atoms with Gasteiger partial charge in [0.2, 0.25) is 11.8 Å². The van der Waals surface area contributed by atoms with Gasteiger partial charge in [-0.05, 0) is 18.9 Å². The first-order valence-corrected chi connectivity index (χ1v) is 12.4. The molecule has 200 valence electrons. The summed E-state index contributed by atoms with van der Waals surface area (Å²) in [7, 11) is 0. The molecule has 1 aliphatic carbocycles. The van der Waals surface area contributed by atoms with Gasteiger partial charge in [-0.3, -0.25) is 25.1 Å². The molecule has 14 heteroatoms. The molecule has 4 amide bonds. The number of carbonyl (C=O) groups is 4. The molecule has 5 rings (SSSR count). The number of hydrogen-bond acceptors (Lipinski definition) is 7. The fourth-order valence-electron chi connectivity index (χ4n) is 5.31. The summed E-state index contributed by atoms with van der Waals surface area (Å²) in [5, 5.41) is 6.26. The molecule has 1 aromatic rings. The van der Waals surface area contributed by atoms with Gasteiger partial charge in [0.05, 0.1) is 11.6 Å². The van der Waals surface area contributed by atoms with E-state index in [4.69, 9.17) is 16.3 Å². The molecule has 0 spiro atoms. The van der Waals surface area contributed by atoms with Crippen LogP contribution in [0.3, 0.4) is 0 Å². The molecule has 0 bridgehead atoms. The van der Waals surface area contributed by atoms with E-state index < -0.39 is 54.2 Å². The van der Waals surface area contributed by atoms with Gasteiger partial charge >= 0.3 is 6.09 Å². The second-order valence-electron chi connectivity index (χ2n) is 9.60. The number of hydrogen-bond donors (Lipinski definition) is 3. The summed E-state index contributed by atoms with van der Waals surface area (Å²) in [6, 6.07) is -0.630. The van der Waals surface area contributed by atoms with E-state index in [2.05, 4.69) is 16.1 Å². The van der Waals surface area contributed by atoms with Gasteiger partial charge in [0.15, 0.2) is 0 Å². The molecule has 1 saturated carbocycles. The van der Waals surface area contributed by atoms with E-state index in [0.29, 0.717) is 25.8 Å². The van der Waals surface area contributed by atoms with E-state index in [-0.39, 0.29) is 53.7 Å². The number of carbonyl (C=O) groups excluding carboxylic acids is 4. The van der Waals surface area contributed by atoms with Crippen molar-refractivity contribution < 1.29 is 37.1 Å². The maximum Gasteiger partial charge on any atom is 0.407 e. The largest absolute Gasteiger partial charge is 0.446 e. The molecule has 10 nitrogen and oxygen atoms in total. The quantitative estimate of drug-likeness (QED) is 0.468. The lowest BCUT2D eigenvalue weighted by Crippen LogP contribution is -2.56. The van der Waals surface area contributed by atoms with Gasteiger partial charge in [0.1, 0.15) is 18.0 Å². The van der Waals surface area contributed by atoms with Crippen LogP contribution in [0.2, 0.25) is 5.02 Å². The van der Waals surface area contributed by atoms with Crippen molar-refractivity contribution in [2.45, 2.75) is 75.8 Å². The van der Waals surface area contributed by atoms with E-state index in [0.717, 1.165) is 0 Å². The zero-order valence-corrected chi connectivity index (χ0v) is 20.3. The van der Waals surface area contributed by atoms with Gasteiger partial charge in [0.25, 0.3) is 12.3 Å². The summed E-state index contributed by atoms with van der Waals surface area (Å²) in [4.78, 5) is 50.0. The molecular formula is C23H25ClF3N5O5. The van der Waals surface area contributed by atoms with Crippen molar-refractivity contribution in [3.8, 4) is 0 Å². The fraction of sp³-hybridized carbons (Fsp3) is 0.565. The number of nitrogens with one attached hydrogen (secondary N) is 3. The number of nitrogens with zero attached hydrogens (tertiary/aromatic N) is 2. The van der Waals surface area contributed by atoms with Crippen molar-refractivity contribution in [1.29, 1.82) is 0 Å². The summed E-state index contributed by atoms with van der Waals surface area (Å²) in [5.41, 5.74) is 2.88. The van der Waals surface area contributed by atoms with Crippen LogP contribution in [0.1, 0.15) is 53.6 Å². The van der Waals surface area contributed by atoms with Crippen molar-refractivity contribution in [3.05, 3.63) is 33.6 Å². The third-order valence-corrected chi connectivity index (χ3v) is 7.66. The highest BCUT2D eigenvalue weighted by atomic mass is 35.5. The molecule has 37 heavy (non-hydrogen) atoms. The number of piperidine rings is 1. The monoisotopic (exact) mass is 543 g/mol. The van der Waals surface area contributed by atoms with Crippen LogP contribution in [-0.2, 0) is 27.4 Å². The third kappa shape index (κ3) is 4.87. The second-order valence-corrected chi connectivity index (χ2v) is 10.0. The Labute approximate surface area is 214 Å². The predicted octanol–water partition coefficient (Wildman–Crippen LogP) is 1.84. The van der Waals surface area contributed by atoms with E-state index >= 15 is 4.39 Å². The Balaban J connectivity index is 1.17. The number of ether oxygens (including phenoxy) is 1. The first-order valence-electron chi connectivity index (χ1n) is 12.0. The van der Waals surface area contributed by atoms with Crippen LogP contribution in [0.5, 0.6) is 0 Å². The SMILES string of the molecule is O=C1CCC(N2Cc3c(Cl)cc(CNC(=O)OC4CC(N5NCCC5C(F)F)C4)c(F)c3C2=O)C(=O)N1. The van der Waals surface area contributed by atoms with Crippen molar-refractivity contribution in [2.24, 2.45) is 0 Å². The number of halogens is 4. The topological polar surface area (TPSA) is 120 Å². The van der Waals surface area contributed by atoms with Gasteiger partial charge < -0.3 is 15.0 Å². The number of fused-ring (bicyclic) bond motifs is 1. The number of alkyl carbamates (subject to hydrolysis) is 1. The first-order chi connectivity index (χ1) is 17.6. The lowest BCUT2D eigenvalue weighted by Gasteiger charge is -2.42. The third-order valence-electron chi connectivity index (χ3n) is 7.32. The predicted molar refractivity (Wildman–Crippen MR) is 122 cm³/mol. The van der Waals surface area contributed by atoms with Crippen molar-refractivity contribution in [1.82, 2.24) is 26.0 Å². The molecule has 4 aliphatic rings. The number of rotatable bonds is 6. The highest BCUT2D eigenvalue weighted by Crippen LogP contribution is 2.36. The molecule has 3 N–H and O–H groups in total. The summed E-state index contributed by atoms with van der Waals surface area (Å²) in [6.07, 6.45) is -2.40. The molecule has 0 aromatic heterocycles. The standard InChI is InChI=1S/C23H25ClF3N5O5/c24-14-5-10(8-28-23(36)37-12-6-11(7-12)32-15(20(26)27)3-4-29-32)19(25)18-13(14)9-31(22(18)35)16-1-2-17(33)30-21(16)34/h5,11-12,15-16,20,29H,1-4,6-9H2,(H,28,36)(H,30,33,34). The van der Waals surface area contributed by atoms with Crippen molar-refractivity contribution >= 4 is 35.4 Å². The first kappa shape index (κ1) is 25.7. The molecule has 2 unspecified atom stereocenters. The Morgan fingerprint density at radius 2 is 2.00 bits per heavy atom. The molecule has 3 heterocycles. The number of benzene rings is 1. The highest BCUT2D eigenvalue weighted by molar-refractivity contribution is 6.32. The minimum absolute atomic E-state index is 0.0355. The normalized spacial score (nSPS) is 27.8. The van der Waals surface area contributed by atoms with Crippen LogP contribution in [0.4, 0.5) is 18.0 Å². The molecular weight excluding hydrogens is 519 g/mol. The minimum Gasteiger partial charge on any atom is -0.446 e. The molecule has 1 aromatic carbocycles. The number of hydrazine groups is 1. The van der Waals surface area contributed by atoms with Crippen LogP contribution in [-0.4, -0.2) is 70.9 Å². The van der Waals surface area contributed by atoms with Crippen molar-refractivity contribution in [3.63, 3.8) is 0 Å². The van der Waals surface area contributed by atoms with Crippen LogP contribution >= 0.6 is 11.6 Å². The number of alkyl halides is 2. The maximum atomic E-state index is 15.3. The van der Waals surface area contributed by atoms with Gasteiger partial charge in [-0.25, -0.2) is 23.0 Å². The van der Waals surface area contributed by atoms with E-state index in [1.54, 1.807) is 5.01 Å². The second kappa shape index (κ2) is 10.1. The minimum atomic E-state index is -2.46. The van der Waals surface area contributed by atoms with Gasteiger partial charge in [-0.1, -0.05) is 11.6 Å². The number of amides is 4. The lowest BCUT2D eigenvalue weighted by atomic mass is 9.88. The molecule has 2 atom stereocenters. The average Bonchev–Trinajstić information content (AvgIpc) is 3.43. The van der Waals surface area contributed by atoms with Crippen LogP contribution in [0, 0.1) is 5.82 Å². The maximum absolute atomic E-state index is 15.3. The Morgan fingerprint density at radius 1 is 1.24 bits per heavy atom. The van der Waals surface area contributed by atoms with Gasteiger partial charge in [-0.2, -0.15) is 0 Å². The van der Waals surface area contributed by atoms with E-state index in [1.165, 1.54) is 11.0 Å². The zero-order chi connectivity index (χ0) is 26.4. The van der Waals surface area contributed by atoms with Crippen molar-refractivity contribution in [2.75, 3.05) is 6.54 Å². The van der Waals surface area contributed by atoms with Gasteiger partial charge in [-0.15, -0.1) is 0 Å². The fourth-order valence-corrected chi connectivity index (χ4v) is 5.59. The lowest BCUT2D eigenvalue weighted by molar-refractivity contribution is -0.136. The smallest absolute Gasteiger partial charge is 0.407 e. The average molecular weight is 544 g/mol. The van der Waals surface area contributed by atoms with E-state index in [9.17, 15) is 28.0 Å². The molecule has 0 radical (unpaired) electrons. The Hall–Kier alpha value is -2.90. The Morgan fingerprint density at radius 3 is 2.70 bits per heavy atom.